The SMILES string of the molecule is CC(C)(C)OC(=O)N1CCC2C[C@@]21C(=O)N1CC[C@@]2(C)c3cccc(O)c3C[C@@H]1C2(C)C. The van der Waals surface area contributed by atoms with Crippen LogP contribution in [0.2, 0.25) is 0 Å². The number of aromatic hydroxyl groups is 1. The van der Waals surface area contributed by atoms with E-state index in [1.165, 1.54) is 5.56 Å². The second kappa shape index (κ2) is 6.42. The summed E-state index contributed by atoms with van der Waals surface area (Å²) >= 11 is 0. The Morgan fingerprint density at radius 2 is 1.88 bits per heavy atom. The van der Waals surface area contributed by atoms with Crippen LogP contribution in [0.15, 0.2) is 18.2 Å². The fourth-order valence-electron chi connectivity index (χ4n) is 6.84. The van der Waals surface area contributed by atoms with E-state index in [1.807, 2.05) is 31.7 Å². The Morgan fingerprint density at radius 1 is 1.16 bits per heavy atom. The van der Waals surface area contributed by atoms with Gasteiger partial charge in [-0.25, -0.2) is 4.79 Å². The molecule has 1 unspecified atom stereocenters. The van der Waals surface area contributed by atoms with Gasteiger partial charge in [-0.05, 0) is 75.0 Å². The van der Waals surface area contributed by atoms with Crippen LogP contribution in [0.4, 0.5) is 4.79 Å². The second-order valence-electron chi connectivity index (χ2n) is 12.1. The number of amides is 2. The third kappa shape index (κ3) is 2.70. The molecule has 2 heterocycles. The summed E-state index contributed by atoms with van der Waals surface area (Å²) in [6.07, 6.45) is 2.69. The normalized spacial score (nSPS) is 34.6. The van der Waals surface area contributed by atoms with Gasteiger partial charge in [-0.3, -0.25) is 9.69 Å². The Bertz CT molecular complexity index is 996. The standard InChI is InChI=1S/C26H36N2O4/c1-23(2,3)32-22(31)28-12-10-16-15-26(16,28)21(30)27-13-11-25(6)18-8-7-9-19(29)17(18)14-20(27)24(25,4)5/h7-9,16,20,29H,10-15H2,1-6H3/t16?,20-,25+,26+/m1/s1. The Morgan fingerprint density at radius 3 is 2.53 bits per heavy atom. The third-order valence-corrected chi connectivity index (χ3v) is 9.13. The van der Waals surface area contributed by atoms with Crippen LogP contribution in [0, 0.1) is 11.3 Å². The molecular formula is C26H36N2O4. The molecule has 32 heavy (non-hydrogen) atoms. The first-order valence-corrected chi connectivity index (χ1v) is 12.0. The highest BCUT2D eigenvalue weighted by Gasteiger charge is 2.71. The van der Waals surface area contributed by atoms with Crippen molar-refractivity contribution in [3.63, 3.8) is 0 Å². The third-order valence-electron chi connectivity index (χ3n) is 9.13. The number of phenolic OH excluding ortho intramolecular Hbond substituents is 1. The number of likely N-dealkylation sites (tertiary alicyclic amines) is 2. The zero-order valence-corrected chi connectivity index (χ0v) is 20.2. The number of hydrogen-bond donors (Lipinski definition) is 1. The molecule has 0 spiro atoms. The lowest BCUT2D eigenvalue weighted by molar-refractivity contribution is -0.150. The van der Waals surface area contributed by atoms with Crippen molar-refractivity contribution in [2.45, 2.75) is 89.8 Å². The van der Waals surface area contributed by atoms with E-state index in [9.17, 15) is 14.7 Å². The molecular weight excluding hydrogens is 404 g/mol. The molecule has 1 aromatic rings. The fourth-order valence-corrected chi connectivity index (χ4v) is 6.84. The number of piperidine rings is 2. The molecule has 6 heteroatoms. The molecule has 2 bridgehead atoms. The van der Waals surface area contributed by atoms with Crippen molar-refractivity contribution in [1.29, 1.82) is 0 Å². The molecule has 2 aliphatic heterocycles. The number of benzene rings is 1. The Balaban J connectivity index is 1.49. The first kappa shape index (κ1) is 21.6. The van der Waals surface area contributed by atoms with Gasteiger partial charge in [-0.1, -0.05) is 32.9 Å². The quantitative estimate of drug-likeness (QED) is 0.709. The molecule has 6 nitrogen and oxygen atoms in total. The maximum absolute atomic E-state index is 14.1. The molecule has 0 aromatic heterocycles. The lowest BCUT2D eigenvalue weighted by Gasteiger charge is -2.61. The van der Waals surface area contributed by atoms with Gasteiger partial charge in [0.1, 0.15) is 16.9 Å². The van der Waals surface area contributed by atoms with Crippen LogP contribution in [0.5, 0.6) is 5.75 Å². The average molecular weight is 441 g/mol. The molecule has 2 aliphatic carbocycles. The number of hydrogen-bond acceptors (Lipinski definition) is 4. The summed E-state index contributed by atoms with van der Waals surface area (Å²) in [5.41, 5.74) is 0.570. The van der Waals surface area contributed by atoms with Crippen LogP contribution < -0.4 is 0 Å². The lowest BCUT2D eigenvalue weighted by atomic mass is 9.51. The monoisotopic (exact) mass is 440 g/mol. The highest BCUT2D eigenvalue weighted by Crippen LogP contribution is 2.61. The van der Waals surface area contributed by atoms with Gasteiger partial charge in [-0.15, -0.1) is 0 Å². The highest BCUT2D eigenvalue weighted by molar-refractivity contribution is 5.95. The average Bonchev–Trinajstić information content (AvgIpc) is 3.28. The van der Waals surface area contributed by atoms with E-state index >= 15 is 0 Å². The minimum atomic E-state index is -0.745. The molecule has 1 saturated carbocycles. The Hall–Kier alpha value is -2.24. The van der Waals surface area contributed by atoms with Crippen LogP contribution in [0.1, 0.15) is 71.9 Å². The summed E-state index contributed by atoms with van der Waals surface area (Å²) in [7, 11) is 0. The van der Waals surface area contributed by atoms with Gasteiger partial charge in [0.2, 0.25) is 5.91 Å². The summed E-state index contributed by atoms with van der Waals surface area (Å²) in [5, 5.41) is 10.6. The van der Waals surface area contributed by atoms with Gasteiger partial charge in [0.25, 0.3) is 0 Å². The van der Waals surface area contributed by atoms with Crippen molar-refractivity contribution in [3.8, 4) is 5.75 Å². The van der Waals surface area contributed by atoms with E-state index in [0.717, 1.165) is 24.8 Å². The van der Waals surface area contributed by atoms with Gasteiger partial charge >= 0.3 is 6.09 Å². The predicted octanol–water partition coefficient (Wildman–Crippen LogP) is 4.23. The zero-order chi connectivity index (χ0) is 23.3. The summed E-state index contributed by atoms with van der Waals surface area (Å²) < 4.78 is 5.67. The molecule has 4 atom stereocenters. The van der Waals surface area contributed by atoms with Crippen molar-refractivity contribution < 1.29 is 19.4 Å². The summed E-state index contributed by atoms with van der Waals surface area (Å²) in [6.45, 7) is 13.6. The number of nitrogens with zero attached hydrogens (tertiary/aromatic N) is 2. The van der Waals surface area contributed by atoms with Crippen molar-refractivity contribution in [3.05, 3.63) is 29.3 Å². The summed E-state index contributed by atoms with van der Waals surface area (Å²) in [4.78, 5) is 30.9. The number of rotatable bonds is 1. The minimum Gasteiger partial charge on any atom is -0.508 e. The van der Waals surface area contributed by atoms with Crippen molar-refractivity contribution in [2.75, 3.05) is 13.1 Å². The van der Waals surface area contributed by atoms with E-state index in [2.05, 4.69) is 26.8 Å². The van der Waals surface area contributed by atoms with Gasteiger partial charge in [0, 0.05) is 24.5 Å². The zero-order valence-electron chi connectivity index (χ0n) is 20.2. The summed E-state index contributed by atoms with van der Waals surface area (Å²) in [5.74, 6) is 0.621. The van der Waals surface area contributed by atoms with Gasteiger partial charge in [0.15, 0.2) is 0 Å². The number of ether oxygens (including phenoxy) is 1. The maximum Gasteiger partial charge on any atom is 0.411 e. The number of carbonyl (C=O) groups excluding carboxylic acids is 2. The van der Waals surface area contributed by atoms with E-state index < -0.39 is 11.1 Å². The lowest BCUT2D eigenvalue weighted by Crippen LogP contribution is -2.67. The van der Waals surface area contributed by atoms with Crippen LogP contribution in [-0.2, 0) is 21.4 Å². The van der Waals surface area contributed by atoms with Gasteiger partial charge < -0.3 is 14.7 Å². The van der Waals surface area contributed by atoms with Crippen LogP contribution in [0.3, 0.4) is 0 Å². The van der Waals surface area contributed by atoms with Crippen LogP contribution in [0.25, 0.3) is 0 Å². The predicted molar refractivity (Wildman–Crippen MR) is 121 cm³/mol. The van der Waals surface area contributed by atoms with Crippen molar-refractivity contribution in [2.24, 2.45) is 11.3 Å². The van der Waals surface area contributed by atoms with E-state index in [0.29, 0.717) is 25.3 Å². The van der Waals surface area contributed by atoms with Gasteiger partial charge in [-0.2, -0.15) is 0 Å². The molecule has 4 aliphatic rings. The first-order chi connectivity index (χ1) is 14.8. The summed E-state index contributed by atoms with van der Waals surface area (Å²) in [6, 6.07) is 5.80. The largest absolute Gasteiger partial charge is 0.508 e. The molecule has 174 valence electrons. The van der Waals surface area contributed by atoms with Crippen LogP contribution in [-0.4, -0.2) is 57.2 Å². The molecule has 5 rings (SSSR count). The van der Waals surface area contributed by atoms with Crippen LogP contribution >= 0.6 is 0 Å². The van der Waals surface area contributed by atoms with E-state index in [4.69, 9.17) is 4.74 Å². The molecule has 3 fully saturated rings. The highest BCUT2D eigenvalue weighted by atomic mass is 16.6. The Kier molecular flexibility index (Phi) is 4.33. The number of phenols is 1. The number of fused-ring (bicyclic) bond motifs is 5. The van der Waals surface area contributed by atoms with E-state index in [1.54, 1.807) is 11.0 Å². The number of carbonyl (C=O) groups is 2. The maximum atomic E-state index is 14.1. The molecule has 0 radical (unpaired) electrons. The van der Waals surface area contributed by atoms with E-state index in [-0.39, 0.29) is 34.8 Å². The minimum absolute atomic E-state index is 0.0220. The fraction of sp³-hybridized carbons (Fsp3) is 0.692. The molecule has 1 aromatic carbocycles. The van der Waals surface area contributed by atoms with Crippen molar-refractivity contribution >= 4 is 12.0 Å². The molecule has 2 saturated heterocycles. The Labute approximate surface area is 190 Å². The first-order valence-electron chi connectivity index (χ1n) is 12.0. The smallest absolute Gasteiger partial charge is 0.411 e. The molecule has 1 N–H and O–H groups in total. The van der Waals surface area contributed by atoms with Crippen molar-refractivity contribution in [1.82, 2.24) is 9.80 Å². The topological polar surface area (TPSA) is 70.1 Å². The second-order valence-corrected chi connectivity index (χ2v) is 12.1. The van der Waals surface area contributed by atoms with Gasteiger partial charge in [0.05, 0.1) is 0 Å². The molecule has 2 amide bonds.